The van der Waals surface area contributed by atoms with Crippen molar-refractivity contribution >= 4 is 15.9 Å². The third-order valence-corrected chi connectivity index (χ3v) is 5.49. The predicted octanol–water partition coefficient (Wildman–Crippen LogP) is 1.02. The second kappa shape index (κ2) is 6.54. The average Bonchev–Trinajstić information content (AvgIpc) is 2.89. The average molecular weight is 384 g/mol. The van der Waals surface area contributed by atoms with E-state index in [1.807, 2.05) is 4.72 Å². The molecule has 1 aromatic rings. The molecule has 0 saturated carbocycles. The van der Waals surface area contributed by atoms with E-state index in [1.54, 1.807) is 0 Å². The van der Waals surface area contributed by atoms with Gasteiger partial charge in [0.25, 0.3) is 0 Å². The van der Waals surface area contributed by atoms with Crippen LogP contribution in [0.15, 0.2) is 29.2 Å². The first-order valence-electron chi connectivity index (χ1n) is 7.22. The Morgan fingerprint density at radius 2 is 1.96 bits per heavy atom. The molecule has 0 aromatic heterocycles. The lowest BCUT2D eigenvalue weighted by molar-refractivity contribution is -0.253. The van der Waals surface area contributed by atoms with Crippen LogP contribution in [0, 0.1) is 5.82 Å². The minimum Gasteiger partial charge on any atom is -0.379 e. The lowest BCUT2D eigenvalue weighted by Crippen LogP contribution is -2.51. The molecular weight excluding hydrogens is 368 g/mol. The molecule has 0 bridgehead atoms. The SMILES string of the molecule is C[C@H](NS(=O)(=O)c1ccccc1F)C(=O)N1CCC(O)(C(F)(F)F)C1. The molecule has 1 fully saturated rings. The standard InChI is InChI=1S/C14H16F4N2O4S/c1-9(19-25(23,24)11-5-3-2-4-10(11)15)12(21)20-7-6-13(22,8-20)14(16,17)18/h2-5,9,19,22H,6-8H2,1H3/t9-,13?/m0/s1. The van der Waals surface area contributed by atoms with Gasteiger partial charge in [-0.1, -0.05) is 12.1 Å². The molecule has 0 aliphatic carbocycles. The molecule has 2 rings (SSSR count). The van der Waals surface area contributed by atoms with Crippen molar-refractivity contribution in [3.63, 3.8) is 0 Å². The van der Waals surface area contributed by atoms with E-state index in [9.17, 15) is 35.9 Å². The van der Waals surface area contributed by atoms with E-state index in [0.29, 0.717) is 0 Å². The topological polar surface area (TPSA) is 86.7 Å². The number of rotatable bonds is 4. The number of hydrogen-bond acceptors (Lipinski definition) is 4. The highest BCUT2D eigenvalue weighted by Crippen LogP contribution is 2.37. The summed E-state index contributed by atoms with van der Waals surface area (Å²) in [7, 11) is -4.38. The molecule has 0 spiro atoms. The Morgan fingerprint density at radius 3 is 2.48 bits per heavy atom. The summed E-state index contributed by atoms with van der Waals surface area (Å²) in [6, 6.07) is 3.05. The van der Waals surface area contributed by atoms with E-state index in [-0.39, 0.29) is 6.54 Å². The van der Waals surface area contributed by atoms with E-state index < -0.39 is 57.4 Å². The number of carbonyl (C=O) groups is 1. The Kier molecular flexibility index (Phi) is 5.13. The summed E-state index contributed by atoms with van der Waals surface area (Å²) in [5.74, 6) is -1.97. The van der Waals surface area contributed by atoms with Crippen molar-refractivity contribution in [2.45, 2.75) is 36.1 Å². The zero-order valence-electron chi connectivity index (χ0n) is 13.0. The molecule has 6 nitrogen and oxygen atoms in total. The van der Waals surface area contributed by atoms with Crippen molar-refractivity contribution in [3.05, 3.63) is 30.1 Å². The van der Waals surface area contributed by atoms with Crippen LogP contribution in [-0.2, 0) is 14.8 Å². The van der Waals surface area contributed by atoms with E-state index >= 15 is 0 Å². The van der Waals surface area contributed by atoms with E-state index in [4.69, 9.17) is 0 Å². The van der Waals surface area contributed by atoms with Crippen molar-refractivity contribution in [2.75, 3.05) is 13.1 Å². The van der Waals surface area contributed by atoms with Gasteiger partial charge in [0, 0.05) is 13.0 Å². The monoisotopic (exact) mass is 384 g/mol. The largest absolute Gasteiger partial charge is 0.419 e. The summed E-state index contributed by atoms with van der Waals surface area (Å²) in [5.41, 5.74) is -3.02. The van der Waals surface area contributed by atoms with Gasteiger partial charge in [0.2, 0.25) is 15.9 Å². The number of alkyl halides is 3. The van der Waals surface area contributed by atoms with Crippen LogP contribution in [0.1, 0.15) is 13.3 Å². The highest BCUT2D eigenvalue weighted by molar-refractivity contribution is 7.89. The Balaban J connectivity index is 2.10. The number of hydrogen-bond donors (Lipinski definition) is 2. The molecule has 140 valence electrons. The molecule has 0 radical (unpaired) electrons. The number of nitrogens with one attached hydrogen (secondary N) is 1. The van der Waals surface area contributed by atoms with Gasteiger partial charge in [0.15, 0.2) is 5.60 Å². The molecule has 1 aliphatic heterocycles. The predicted molar refractivity (Wildman–Crippen MR) is 78.4 cm³/mol. The fourth-order valence-electron chi connectivity index (χ4n) is 2.50. The zero-order valence-corrected chi connectivity index (χ0v) is 13.9. The fourth-order valence-corrected chi connectivity index (χ4v) is 3.77. The van der Waals surface area contributed by atoms with Gasteiger partial charge in [-0.3, -0.25) is 4.79 Å². The summed E-state index contributed by atoms with van der Waals surface area (Å²) in [4.78, 5) is 12.2. The number of aliphatic hydroxyl groups is 1. The number of amides is 1. The van der Waals surface area contributed by atoms with Crippen LogP contribution in [0.5, 0.6) is 0 Å². The maximum atomic E-state index is 13.6. The van der Waals surface area contributed by atoms with Crippen LogP contribution < -0.4 is 4.72 Å². The van der Waals surface area contributed by atoms with Gasteiger partial charge < -0.3 is 10.0 Å². The first-order chi connectivity index (χ1) is 11.4. The number of benzene rings is 1. The number of carbonyl (C=O) groups excluding carboxylic acids is 1. The third kappa shape index (κ3) is 3.93. The molecule has 1 amide bonds. The maximum Gasteiger partial charge on any atom is 0.419 e. The van der Waals surface area contributed by atoms with Gasteiger partial charge in [0.05, 0.1) is 12.6 Å². The van der Waals surface area contributed by atoms with Crippen LogP contribution in [0.3, 0.4) is 0 Å². The molecule has 25 heavy (non-hydrogen) atoms. The molecule has 1 aromatic carbocycles. The summed E-state index contributed by atoms with van der Waals surface area (Å²) in [5, 5.41) is 9.57. The molecular formula is C14H16F4N2O4S. The number of halogens is 4. The number of β-amino-alcohol motifs (C(OH)–C–C–N with tert-alkyl or cyclic N) is 1. The second-order valence-electron chi connectivity index (χ2n) is 5.81. The van der Waals surface area contributed by atoms with Gasteiger partial charge in [-0.25, -0.2) is 12.8 Å². The Hall–Kier alpha value is -1.72. The van der Waals surface area contributed by atoms with E-state index in [0.717, 1.165) is 24.0 Å². The summed E-state index contributed by atoms with van der Waals surface area (Å²) >= 11 is 0. The summed E-state index contributed by atoms with van der Waals surface area (Å²) in [6.07, 6.45) is -5.60. The minimum atomic E-state index is -4.90. The number of likely N-dealkylation sites (tertiary alicyclic amines) is 1. The molecule has 11 heteroatoms. The quantitative estimate of drug-likeness (QED) is 0.759. The van der Waals surface area contributed by atoms with Crippen molar-refractivity contribution in [2.24, 2.45) is 0 Å². The highest BCUT2D eigenvalue weighted by atomic mass is 32.2. The van der Waals surface area contributed by atoms with Crippen molar-refractivity contribution in [1.82, 2.24) is 9.62 Å². The Morgan fingerprint density at radius 1 is 1.36 bits per heavy atom. The third-order valence-electron chi connectivity index (χ3n) is 3.92. The maximum absolute atomic E-state index is 13.6. The van der Waals surface area contributed by atoms with Crippen LogP contribution in [0.4, 0.5) is 17.6 Å². The first kappa shape index (κ1) is 19.6. The molecule has 1 unspecified atom stereocenters. The molecule has 1 saturated heterocycles. The van der Waals surface area contributed by atoms with Gasteiger partial charge >= 0.3 is 6.18 Å². The van der Waals surface area contributed by atoms with Gasteiger partial charge in [-0.2, -0.15) is 17.9 Å². The molecule has 2 atom stereocenters. The fraction of sp³-hybridized carbons (Fsp3) is 0.500. The van der Waals surface area contributed by atoms with Gasteiger partial charge in [-0.15, -0.1) is 0 Å². The highest BCUT2D eigenvalue weighted by Gasteiger charge is 2.58. The first-order valence-corrected chi connectivity index (χ1v) is 8.70. The second-order valence-corrected chi connectivity index (χ2v) is 7.49. The normalized spacial score (nSPS) is 22.9. The van der Waals surface area contributed by atoms with Crippen LogP contribution in [-0.4, -0.2) is 55.2 Å². The summed E-state index contributed by atoms with van der Waals surface area (Å²) < 4.78 is 78.1. The Bertz CT molecular complexity index is 768. The van der Waals surface area contributed by atoms with Crippen LogP contribution in [0.2, 0.25) is 0 Å². The van der Waals surface area contributed by atoms with E-state index in [2.05, 4.69) is 0 Å². The lowest BCUT2D eigenvalue weighted by Gasteiger charge is -2.27. The lowest BCUT2D eigenvalue weighted by atomic mass is 10.0. The minimum absolute atomic E-state index is 0.374. The summed E-state index contributed by atoms with van der Waals surface area (Å²) in [6.45, 7) is -0.229. The van der Waals surface area contributed by atoms with Crippen LogP contribution >= 0.6 is 0 Å². The van der Waals surface area contributed by atoms with Gasteiger partial charge in [0.1, 0.15) is 10.7 Å². The van der Waals surface area contributed by atoms with Crippen LogP contribution in [0.25, 0.3) is 0 Å². The van der Waals surface area contributed by atoms with Gasteiger partial charge in [-0.05, 0) is 19.1 Å². The zero-order chi connectivity index (χ0) is 19.0. The van der Waals surface area contributed by atoms with Crippen molar-refractivity contribution in [3.8, 4) is 0 Å². The number of nitrogens with zero attached hydrogens (tertiary/aromatic N) is 1. The molecule has 2 N–H and O–H groups in total. The van der Waals surface area contributed by atoms with Crippen molar-refractivity contribution in [1.29, 1.82) is 0 Å². The smallest absolute Gasteiger partial charge is 0.379 e. The van der Waals surface area contributed by atoms with Crippen molar-refractivity contribution < 1.29 is 35.9 Å². The molecule has 1 aliphatic rings. The Labute approximate surface area is 141 Å². The number of sulfonamides is 1. The van der Waals surface area contributed by atoms with E-state index in [1.165, 1.54) is 12.1 Å². The molecule has 1 heterocycles.